The van der Waals surface area contributed by atoms with Crippen molar-refractivity contribution in [1.29, 1.82) is 0 Å². The molecule has 0 aromatic heterocycles. The quantitative estimate of drug-likeness (QED) is 0.460. The molecule has 9 heteroatoms. The molecule has 0 aliphatic rings. The van der Waals surface area contributed by atoms with Gasteiger partial charge in [-0.15, -0.1) is 0 Å². The van der Waals surface area contributed by atoms with E-state index in [1.165, 1.54) is 18.2 Å². The van der Waals surface area contributed by atoms with Crippen molar-refractivity contribution in [3.8, 4) is 0 Å². The van der Waals surface area contributed by atoms with Crippen LogP contribution in [-0.2, 0) is 4.74 Å². The lowest BCUT2D eigenvalue weighted by atomic mass is 10.1. The molecule has 0 aliphatic heterocycles. The van der Waals surface area contributed by atoms with E-state index in [1.54, 1.807) is 6.07 Å². The van der Waals surface area contributed by atoms with Crippen LogP contribution in [0.1, 0.15) is 11.7 Å². The molecule has 1 aromatic carbocycles. The summed E-state index contributed by atoms with van der Waals surface area (Å²) < 4.78 is 79.4. The first-order valence-corrected chi connectivity index (χ1v) is 7.07. The second kappa shape index (κ2) is 6.65. The topological polar surface area (TPSA) is 9.23 Å². The first-order valence-electron chi connectivity index (χ1n) is 5.16. The number of halogens is 8. The number of benzene rings is 1. The lowest BCUT2D eigenvalue weighted by Gasteiger charge is -2.27. The Kier molecular flexibility index (Phi) is 5.91. The van der Waals surface area contributed by atoms with Gasteiger partial charge in [0.1, 0.15) is 0 Å². The highest BCUT2D eigenvalue weighted by molar-refractivity contribution is 9.10. The summed E-state index contributed by atoms with van der Waals surface area (Å²) in [6.07, 6.45) is -16.2. The van der Waals surface area contributed by atoms with E-state index in [2.05, 4.69) is 36.6 Å². The van der Waals surface area contributed by atoms with Gasteiger partial charge in [-0.05, 0) is 17.7 Å². The van der Waals surface area contributed by atoms with Gasteiger partial charge in [-0.3, -0.25) is 0 Å². The number of ether oxygens (including phenoxy) is 1. The third kappa shape index (κ3) is 4.92. The van der Waals surface area contributed by atoms with Crippen molar-refractivity contribution in [1.82, 2.24) is 0 Å². The highest BCUT2D eigenvalue weighted by atomic mass is 79.9. The zero-order valence-corrected chi connectivity index (χ0v) is 12.8. The fourth-order valence-corrected chi connectivity index (χ4v) is 2.36. The first kappa shape index (κ1) is 17.8. The zero-order valence-electron chi connectivity index (χ0n) is 9.60. The Morgan fingerprint density at radius 2 is 1.60 bits per heavy atom. The highest BCUT2D eigenvalue weighted by Gasteiger charge is 2.58. The van der Waals surface area contributed by atoms with E-state index in [9.17, 15) is 26.3 Å². The predicted octanol–water partition coefficient (Wildman–Crippen LogP) is 5.39. The minimum absolute atomic E-state index is 0.202. The maximum atomic E-state index is 12.4. The molecule has 1 unspecified atom stereocenters. The Morgan fingerprint density at radius 3 is 2.00 bits per heavy atom. The van der Waals surface area contributed by atoms with Crippen molar-refractivity contribution in [2.75, 3.05) is 5.33 Å². The van der Waals surface area contributed by atoms with Gasteiger partial charge in [0.05, 0.1) is 6.10 Å². The summed E-state index contributed by atoms with van der Waals surface area (Å²) in [7, 11) is 0. The molecule has 0 radical (unpaired) electrons. The highest BCUT2D eigenvalue weighted by Crippen LogP contribution is 2.39. The molecule has 0 N–H and O–H groups in total. The van der Waals surface area contributed by atoms with Gasteiger partial charge in [0.25, 0.3) is 0 Å². The molecule has 1 nitrogen and oxygen atoms in total. The normalized spacial score (nSPS) is 14.7. The Labute approximate surface area is 127 Å². The third-order valence-corrected chi connectivity index (χ3v) is 3.34. The van der Waals surface area contributed by atoms with Gasteiger partial charge < -0.3 is 4.74 Å². The van der Waals surface area contributed by atoms with Crippen molar-refractivity contribution in [2.45, 2.75) is 24.6 Å². The molecule has 114 valence electrons. The smallest absolute Gasteiger partial charge is 0.352 e. The number of hydrogen-bond donors (Lipinski definition) is 0. The standard InChI is InChI=1S/C11H8Br2F6O/c12-5-8(6-2-1-3-7(13)4-6)20-9(10(14,15)16)11(17,18)19/h1-4,8-9H,5H2. The Morgan fingerprint density at radius 1 is 1.05 bits per heavy atom. The molecule has 0 saturated heterocycles. The van der Waals surface area contributed by atoms with Gasteiger partial charge in [0, 0.05) is 9.80 Å². The Bertz CT molecular complexity index is 431. The van der Waals surface area contributed by atoms with E-state index in [4.69, 9.17) is 0 Å². The van der Waals surface area contributed by atoms with Gasteiger partial charge >= 0.3 is 12.4 Å². The second-order valence-electron chi connectivity index (χ2n) is 3.80. The van der Waals surface area contributed by atoms with E-state index in [0.717, 1.165) is 0 Å². The van der Waals surface area contributed by atoms with E-state index < -0.39 is 24.6 Å². The Balaban J connectivity index is 3.01. The minimum atomic E-state index is -5.52. The summed E-state index contributed by atoms with van der Waals surface area (Å²) >= 11 is 5.95. The molecular formula is C11H8Br2F6O. The van der Waals surface area contributed by atoms with Gasteiger partial charge in [-0.2, -0.15) is 26.3 Å². The zero-order chi connectivity index (χ0) is 15.6. The van der Waals surface area contributed by atoms with Crippen molar-refractivity contribution >= 4 is 31.9 Å². The molecule has 1 aromatic rings. The molecule has 0 spiro atoms. The summed E-state index contributed by atoms with van der Waals surface area (Å²) in [4.78, 5) is 0. The monoisotopic (exact) mass is 428 g/mol. The lowest BCUT2D eigenvalue weighted by Crippen LogP contribution is -2.45. The number of hydrogen-bond acceptors (Lipinski definition) is 1. The largest absolute Gasteiger partial charge is 0.423 e. The minimum Gasteiger partial charge on any atom is -0.352 e. The predicted molar refractivity (Wildman–Crippen MR) is 67.7 cm³/mol. The summed E-state index contributed by atoms with van der Waals surface area (Å²) in [6.45, 7) is 0. The average molecular weight is 430 g/mol. The molecular weight excluding hydrogens is 422 g/mol. The lowest BCUT2D eigenvalue weighted by molar-refractivity contribution is -0.330. The molecule has 0 bridgehead atoms. The van der Waals surface area contributed by atoms with Crippen molar-refractivity contribution < 1.29 is 31.1 Å². The van der Waals surface area contributed by atoms with Gasteiger partial charge in [-0.1, -0.05) is 44.0 Å². The van der Waals surface area contributed by atoms with Crippen LogP contribution in [0.3, 0.4) is 0 Å². The Hall–Kier alpha value is -0.280. The van der Waals surface area contributed by atoms with Crippen molar-refractivity contribution in [3.63, 3.8) is 0 Å². The summed E-state index contributed by atoms with van der Waals surface area (Å²) in [5, 5.41) is -0.202. The molecule has 1 atom stereocenters. The van der Waals surface area contributed by atoms with E-state index in [1.807, 2.05) is 0 Å². The van der Waals surface area contributed by atoms with E-state index in [0.29, 0.717) is 4.47 Å². The van der Waals surface area contributed by atoms with Crippen LogP contribution in [0.15, 0.2) is 28.7 Å². The maximum Gasteiger partial charge on any atom is 0.423 e. The fraction of sp³-hybridized carbons (Fsp3) is 0.455. The van der Waals surface area contributed by atoms with Crippen LogP contribution in [0.2, 0.25) is 0 Å². The molecule has 20 heavy (non-hydrogen) atoms. The third-order valence-electron chi connectivity index (χ3n) is 2.26. The second-order valence-corrected chi connectivity index (χ2v) is 5.36. The van der Waals surface area contributed by atoms with E-state index >= 15 is 0 Å². The number of rotatable bonds is 4. The van der Waals surface area contributed by atoms with Crippen molar-refractivity contribution in [3.05, 3.63) is 34.3 Å². The van der Waals surface area contributed by atoms with Crippen LogP contribution in [-0.4, -0.2) is 23.8 Å². The molecule has 1 rings (SSSR count). The molecule has 0 saturated carbocycles. The molecule has 0 fully saturated rings. The van der Waals surface area contributed by atoms with Crippen molar-refractivity contribution in [2.24, 2.45) is 0 Å². The average Bonchev–Trinajstić information content (AvgIpc) is 2.26. The van der Waals surface area contributed by atoms with Crippen LogP contribution in [0, 0.1) is 0 Å². The summed E-state index contributed by atoms with van der Waals surface area (Å²) in [6, 6.07) is 5.88. The molecule has 0 heterocycles. The SMILES string of the molecule is FC(F)(F)C(OC(CBr)c1cccc(Br)c1)C(F)(F)F. The molecule has 0 amide bonds. The maximum absolute atomic E-state index is 12.4. The molecule has 0 aliphatic carbocycles. The van der Waals surface area contributed by atoms with Gasteiger partial charge in [0.2, 0.25) is 6.10 Å². The van der Waals surface area contributed by atoms with Gasteiger partial charge in [-0.25, -0.2) is 0 Å². The summed E-state index contributed by atoms with van der Waals surface area (Å²) in [5.74, 6) is 0. The van der Waals surface area contributed by atoms with E-state index in [-0.39, 0.29) is 10.9 Å². The fourth-order valence-electron chi connectivity index (χ4n) is 1.42. The number of alkyl halides is 7. The van der Waals surface area contributed by atoms with Crippen LogP contribution in [0.25, 0.3) is 0 Å². The first-order chi connectivity index (χ1) is 9.05. The van der Waals surface area contributed by atoms with Crippen LogP contribution in [0.4, 0.5) is 26.3 Å². The summed E-state index contributed by atoms with van der Waals surface area (Å²) in [5.41, 5.74) is 0.203. The van der Waals surface area contributed by atoms with Gasteiger partial charge in [0.15, 0.2) is 0 Å². The van der Waals surface area contributed by atoms with Crippen LogP contribution in [0.5, 0.6) is 0 Å². The van der Waals surface area contributed by atoms with Crippen LogP contribution < -0.4 is 0 Å². The van der Waals surface area contributed by atoms with Crippen LogP contribution >= 0.6 is 31.9 Å².